The van der Waals surface area contributed by atoms with Gasteiger partial charge in [-0.25, -0.2) is 4.79 Å². The number of carboxylic acid groups (broad SMARTS) is 1. The van der Waals surface area contributed by atoms with Crippen LogP contribution in [0.25, 0.3) is 0 Å². The van der Waals surface area contributed by atoms with Gasteiger partial charge in [-0.15, -0.1) is 0 Å². The van der Waals surface area contributed by atoms with Crippen LogP contribution in [0.5, 0.6) is 0 Å². The molecule has 14 heavy (non-hydrogen) atoms. The Morgan fingerprint density at radius 2 is 2.36 bits per heavy atom. The number of hydrogen-bond donors (Lipinski definition) is 3. The SMILES string of the molecule is CC(O)(CO)C1CC=C(C(=O)O)CC1. The van der Waals surface area contributed by atoms with Gasteiger partial charge in [0.1, 0.15) is 0 Å². The molecular weight excluding hydrogens is 184 g/mol. The maximum Gasteiger partial charge on any atom is 0.331 e. The highest BCUT2D eigenvalue weighted by Crippen LogP contribution is 2.31. The molecule has 4 heteroatoms. The summed E-state index contributed by atoms with van der Waals surface area (Å²) in [5.41, 5.74) is -0.685. The molecule has 80 valence electrons. The highest BCUT2D eigenvalue weighted by atomic mass is 16.4. The number of aliphatic hydroxyl groups is 2. The number of aliphatic carboxylic acids is 1. The van der Waals surface area contributed by atoms with Gasteiger partial charge in [0, 0.05) is 5.57 Å². The van der Waals surface area contributed by atoms with E-state index in [2.05, 4.69) is 0 Å². The summed E-state index contributed by atoms with van der Waals surface area (Å²) in [6.07, 6.45) is 3.25. The van der Waals surface area contributed by atoms with E-state index in [0.29, 0.717) is 24.8 Å². The van der Waals surface area contributed by atoms with Crippen molar-refractivity contribution in [3.63, 3.8) is 0 Å². The van der Waals surface area contributed by atoms with E-state index in [1.807, 2.05) is 0 Å². The van der Waals surface area contributed by atoms with Gasteiger partial charge < -0.3 is 15.3 Å². The van der Waals surface area contributed by atoms with Crippen LogP contribution in [0.2, 0.25) is 0 Å². The van der Waals surface area contributed by atoms with Crippen LogP contribution in [0.3, 0.4) is 0 Å². The van der Waals surface area contributed by atoms with E-state index in [4.69, 9.17) is 10.2 Å². The second-order valence-corrected chi connectivity index (χ2v) is 4.02. The predicted molar refractivity (Wildman–Crippen MR) is 50.8 cm³/mol. The summed E-state index contributed by atoms with van der Waals surface area (Å²) >= 11 is 0. The molecule has 0 radical (unpaired) electrons. The van der Waals surface area contributed by atoms with Crippen molar-refractivity contribution in [3.8, 4) is 0 Å². The van der Waals surface area contributed by atoms with Crippen LogP contribution in [0.4, 0.5) is 0 Å². The fraction of sp³-hybridized carbons (Fsp3) is 0.700. The van der Waals surface area contributed by atoms with Crippen molar-refractivity contribution in [2.45, 2.75) is 31.8 Å². The van der Waals surface area contributed by atoms with Gasteiger partial charge in [-0.3, -0.25) is 0 Å². The van der Waals surface area contributed by atoms with E-state index in [-0.39, 0.29) is 12.5 Å². The second kappa shape index (κ2) is 4.11. The summed E-state index contributed by atoms with van der Waals surface area (Å²) in [6.45, 7) is 1.30. The molecule has 0 amide bonds. The topological polar surface area (TPSA) is 77.8 Å². The first-order valence-corrected chi connectivity index (χ1v) is 4.73. The number of carboxylic acids is 1. The monoisotopic (exact) mass is 200 g/mol. The second-order valence-electron chi connectivity index (χ2n) is 4.02. The van der Waals surface area contributed by atoms with Crippen LogP contribution in [0.15, 0.2) is 11.6 Å². The van der Waals surface area contributed by atoms with Gasteiger partial charge in [0.15, 0.2) is 0 Å². The van der Waals surface area contributed by atoms with Gasteiger partial charge in [0.25, 0.3) is 0 Å². The highest BCUT2D eigenvalue weighted by Gasteiger charge is 2.32. The first-order chi connectivity index (χ1) is 6.47. The highest BCUT2D eigenvalue weighted by molar-refractivity contribution is 5.86. The Bertz CT molecular complexity index is 255. The number of rotatable bonds is 3. The lowest BCUT2D eigenvalue weighted by Gasteiger charge is -2.32. The Labute approximate surface area is 82.9 Å². The molecule has 0 bridgehead atoms. The molecule has 0 saturated heterocycles. The average molecular weight is 200 g/mol. The minimum atomic E-state index is -1.10. The first-order valence-electron chi connectivity index (χ1n) is 4.73. The molecule has 0 aromatic carbocycles. The minimum absolute atomic E-state index is 0.0457. The molecular formula is C10H16O4. The lowest BCUT2D eigenvalue weighted by molar-refractivity contribution is -0.133. The summed E-state index contributed by atoms with van der Waals surface area (Å²) in [5.74, 6) is -0.928. The van der Waals surface area contributed by atoms with Crippen molar-refractivity contribution >= 4 is 5.97 Å². The zero-order chi connectivity index (χ0) is 10.8. The molecule has 1 aliphatic carbocycles. The molecule has 0 fully saturated rings. The molecule has 4 nitrogen and oxygen atoms in total. The molecule has 3 N–H and O–H groups in total. The number of aliphatic hydroxyl groups excluding tert-OH is 1. The zero-order valence-electron chi connectivity index (χ0n) is 8.23. The predicted octanol–water partition coefficient (Wildman–Crippen LogP) is 0.541. The van der Waals surface area contributed by atoms with Crippen molar-refractivity contribution in [1.82, 2.24) is 0 Å². The van der Waals surface area contributed by atoms with Gasteiger partial charge >= 0.3 is 5.97 Å². The summed E-state index contributed by atoms with van der Waals surface area (Å²) in [5, 5.41) is 27.4. The summed E-state index contributed by atoms with van der Waals surface area (Å²) < 4.78 is 0. The number of allylic oxidation sites excluding steroid dienone is 1. The summed E-state index contributed by atoms with van der Waals surface area (Å²) in [4.78, 5) is 10.6. The molecule has 0 aliphatic heterocycles. The van der Waals surface area contributed by atoms with Crippen molar-refractivity contribution in [1.29, 1.82) is 0 Å². The fourth-order valence-electron chi connectivity index (χ4n) is 1.72. The van der Waals surface area contributed by atoms with Crippen molar-refractivity contribution in [2.24, 2.45) is 5.92 Å². The van der Waals surface area contributed by atoms with Crippen LogP contribution in [-0.4, -0.2) is 33.5 Å². The fourth-order valence-corrected chi connectivity index (χ4v) is 1.72. The van der Waals surface area contributed by atoms with Gasteiger partial charge in [-0.05, 0) is 32.1 Å². The Morgan fingerprint density at radius 1 is 1.71 bits per heavy atom. The normalized spacial score (nSPS) is 26.5. The third-order valence-electron chi connectivity index (χ3n) is 2.89. The van der Waals surface area contributed by atoms with Crippen LogP contribution in [0.1, 0.15) is 26.2 Å². The summed E-state index contributed by atoms with van der Waals surface area (Å²) in [6, 6.07) is 0. The lowest BCUT2D eigenvalue weighted by atomic mass is 9.79. The average Bonchev–Trinajstić information content (AvgIpc) is 2.18. The number of hydrogen-bond acceptors (Lipinski definition) is 3. The smallest absolute Gasteiger partial charge is 0.331 e. The molecule has 2 atom stereocenters. The largest absolute Gasteiger partial charge is 0.478 e. The maximum absolute atomic E-state index is 10.6. The van der Waals surface area contributed by atoms with E-state index in [1.54, 1.807) is 13.0 Å². The molecule has 0 aromatic rings. The maximum atomic E-state index is 10.6. The minimum Gasteiger partial charge on any atom is -0.478 e. The third-order valence-corrected chi connectivity index (χ3v) is 2.89. The van der Waals surface area contributed by atoms with Crippen molar-refractivity contribution in [3.05, 3.63) is 11.6 Å². The van der Waals surface area contributed by atoms with E-state index in [9.17, 15) is 9.90 Å². The first kappa shape index (κ1) is 11.2. The Morgan fingerprint density at radius 3 is 2.71 bits per heavy atom. The third kappa shape index (κ3) is 2.33. The van der Waals surface area contributed by atoms with Crippen LogP contribution >= 0.6 is 0 Å². The van der Waals surface area contributed by atoms with E-state index in [1.165, 1.54) is 0 Å². The number of carbonyl (C=O) groups is 1. The zero-order valence-corrected chi connectivity index (χ0v) is 8.23. The standard InChI is InChI=1S/C10H16O4/c1-10(14,6-11)8-4-2-7(3-5-8)9(12)13/h2,8,11,14H,3-6H2,1H3,(H,12,13). The van der Waals surface area contributed by atoms with Crippen LogP contribution in [0, 0.1) is 5.92 Å². The van der Waals surface area contributed by atoms with E-state index < -0.39 is 11.6 Å². The molecule has 1 rings (SSSR count). The molecule has 0 heterocycles. The van der Waals surface area contributed by atoms with Crippen LogP contribution in [-0.2, 0) is 4.79 Å². The molecule has 0 aromatic heterocycles. The van der Waals surface area contributed by atoms with Gasteiger partial charge in [0.2, 0.25) is 0 Å². The Kier molecular flexibility index (Phi) is 3.29. The van der Waals surface area contributed by atoms with Gasteiger partial charge in [-0.2, -0.15) is 0 Å². The Hall–Kier alpha value is -0.870. The van der Waals surface area contributed by atoms with E-state index >= 15 is 0 Å². The Balaban J connectivity index is 2.63. The van der Waals surface area contributed by atoms with Crippen molar-refractivity contribution in [2.75, 3.05) is 6.61 Å². The van der Waals surface area contributed by atoms with Gasteiger partial charge in [0.05, 0.1) is 12.2 Å². The summed E-state index contributed by atoms with van der Waals surface area (Å²) in [7, 11) is 0. The quantitative estimate of drug-likeness (QED) is 0.621. The molecule has 1 aliphatic rings. The van der Waals surface area contributed by atoms with Crippen molar-refractivity contribution < 1.29 is 20.1 Å². The van der Waals surface area contributed by atoms with Gasteiger partial charge in [-0.1, -0.05) is 6.08 Å². The lowest BCUT2D eigenvalue weighted by Crippen LogP contribution is -2.39. The molecule has 2 unspecified atom stereocenters. The van der Waals surface area contributed by atoms with E-state index in [0.717, 1.165) is 0 Å². The molecule has 0 spiro atoms. The van der Waals surface area contributed by atoms with Crippen LogP contribution < -0.4 is 0 Å². The molecule has 0 saturated carbocycles.